The molecule has 168 valence electrons. The van der Waals surface area contributed by atoms with Crippen molar-refractivity contribution in [2.45, 2.75) is 31.6 Å². The fraction of sp³-hybridized carbons (Fsp3) is 0.217. The van der Waals surface area contributed by atoms with E-state index in [1.807, 2.05) is 0 Å². The van der Waals surface area contributed by atoms with Crippen molar-refractivity contribution in [3.8, 4) is 0 Å². The maximum atomic E-state index is 14.9. The molecule has 0 aliphatic heterocycles. The zero-order valence-electron chi connectivity index (χ0n) is 17.0. The van der Waals surface area contributed by atoms with Crippen molar-refractivity contribution in [2.24, 2.45) is 0 Å². The molecule has 9 heteroatoms. The Hall–Kier alpha value is -3.36. The smallest absolute Gasteiger partial charge is 0.322 e. The summed E-state index contributed by atoms with van der Waals surface area (Å²) in [5.41, 5.74) is -5.28. The highest BCUT2D eigenvalue weighted by molar-refractivity contribution is 6.06. The van der Waals surface area contributed by atoms with Crippen molar-refractivity contribution in [1.29, 1.82) is 0 Å². The molecule has 2 aromatic carbocycles. The first-order valence-electron chi connectivity index (χ1n) is 9.36. The SMILES string of the molecule is C=CC(F)(F)C(F)(c1cc(C)c(NC(=O)c2ccc3ncccc3c2)c(C)c1)C(F)(F)F. The number of carbonyl (C=O) groups is 1. The van der Waals surface area contributed by atoms with Gasteiger partial charge in [0, 0.05) is 28.4 Å². The molecule has 3 rings (SSSR count). The number of nitrogens with one attached hydrogen (secondary N) is 1. The van der Waals surface area contributed by atoms with Crippen molar-refractivity contribution in [1.82, 2.24) is 4.98 Å². The van der Waals surface area contributed by atoms with E-state index in [0.717, 1.165) is 0 Å². The average Bonchev–Trinajstić information content (AvgIpc) is 2.74. The number of nitrogens with zero attached hydrogens (tertiary/aromatic N) is 1. The van der Waals surface area contributed by atoms with Gasteiger partial charge in [-0.25, -0.2) is 4.39 Å². The van der Waals surface area contributed by atoms with Crippen LogP contribution in [0.25, 0.3) is 10.9 Å². The fourth-order valence-electron chi connectivity index (χ4n) is 3.45. The lowest BCUT2D eigenvalue weighted by atomic mass is 9.85. The number of pyridine rings is 1. The molecule has 0 aliphatic rings. The predicted molar refractivity (Wildman–Crippen MR) is 110 cm³/mol. The number of allylic oxidation sites excluding steroid dienone is 1. The lowest BCUT2D eigenvalue weighted by molar-refractivity contribution is -0.296. The van der Waals surface area contributed by atoms with Gasteiger partial charge in [0.05, 0.1) is 5.52 Å². The monoisotopic (exact) mass is 452 g/mol. The zero-order valence-corrected chi connectivity index (χ0v) is 17.0. The molecular formula is C23H18F6N2O. The number of alkyl halides is 6. The van der Waals surface area contributed by atoms with Crippen molar-refractivity contribution in [3.63, 3.8) is 0 Å². The van der Waals surface area contributed by atoms with Crippen LogP contribution in [0.1, 0.15) is 27.0 Å². The Bertz CT molecular complexity index is 1180. The Morgan fingerprint density at radius 1 is 1.00 bits per heavy atom. The van der Waals surface area contributed by atoms with Gasteiger partial charge in [-0.15, -0.1) is 0 Å². The van der Waals surface area contributed by atoms with E-state index in [1.165, 1.54) is 19.9 Å². The molecule has 3 nitrogen and oxygen atoms in total. The molecule has 1 amide bonds. The molecule has 0 saturated carbocycles. The second-order valence-corrected chi connectivity index (χ2v) is 7.33. The summed E-state index contributed by atoms with van der Waals surface area (Å²) in [5.74, 6) is -5.48. The number of hydrogen-bond donors (Lipinski definition) is 1. The molecule has 0 spiro atoms. The minimum absolute atomic E-state index is 0.0121. The number of carbonyl (C=O) groups excluding carboxylic acids is 1. The summed E-state index contributed by atoms with van der Waals surface area (Å²) < 4.78 is 83.2. The predicted octanol–water partition coefficient (Wildman–Crippen LogP) is 6.65. The van der Waals surface area contributed by atoms with Crippen LogP contribution in [0.3, 0.4) is 0 Å². The van der Waals surface area contributed by atoms with Gasteiger partial charge in [-0.1, -0.05) is 24.8 Å². The number of benzene rings is 2. The number of amides is 1. The zero-order chi connectivity index (χ0) is 23.9. The van der Waals surface area contributed by atoms with Crippen molar-refractivity contribution < 1.29 is 31.1 Å². The highest BCUT2D eigenvalue weighted by Crippen LogP contribution is 2.53. The molecule has 0 radical (unpaired) electrons. The lowest BCUT2D eigenvalue weighted by Crippen LogP contribution is -2.51. The van der Waals surface area contributed by atoms with E-state index in [0.29, 0.717) is 23.0 Å². The van der Waals surface area contributed by atoms with Gasteiger partial charge in [-0.3, -0.25) is 9.78 Å². The molecule has 0 fully saturated rings. The van der Waals surface area contributed by atoms with E-state index < -0.39 is 29.2 Å². The van der Waals surface area contributed by atoms with Gasteiger partial charge in [-0.05, 0) is 55.3 Å². The van der Waals surface area contributed by atoms with E-state index >= 15 is 0 Å². The van der Waals surface area contributed by atoms with Crippen molar-refractivity contribution in [3.05, 3.63) is 83.6 Å². The lowest BCUT2D eigenvalue weighted by Gasteiger charge is -2.34. The number of aromatic nitrogens is 1. The van der Waals surface area contributed by atoms with Gasteiger partial charge < -0.3 is 5.32 Å². The molecule has 3 aromatic rings. The standard InChI is InChI=1S/C23H18F6N2O/c1-4-21(24,25)22(26,23(27,28)29)17-10-13(2)19(14(3)11-17)31-20(32)16-7-8-18-15(12-16)6-5-9-30-18/h4-12H,1H2,2-3H3,(H,31,32). The van der Waals surface area contributed by atoms with Crippen LogP contribution < -0.4 is 5.32 Å². The normalized spacial score (nSPS) is 14.1. The number of hydrogen-bond acceptors (Lipinski definition) is 2. The largest absolute Gasteiger partial charge is 0.433 e. The molecule has 0 bridgehead atoms. The minimum Gasteiger partial charge on any atom is -0.322 e. The van der Waals surface area contributed by atoms with Crippen LogP contribution in [0.15, 0.2) is 61.3 Å². The molecule has 1 N–H and O–H groups in total. The summed E-state index contributed by atoms with van der Waals surface area (Å²) in [6, 6.07) is 9.48. The van der Waals surface area contributed by atoms with Gasteiger partial charge in [0.15, 0.2) is 0 Å². The van der Waals surface area contributed by atoms with E-state index in [4.69, 9.17) is 0 Å². The molecule has 1 unspecified atom stereocenters. The summed E-state index contributed by atoms with van der Waals surface area (Å²) in [4.78, 5) is 16.8. The van der Waals surface area contributed by atoms with Gasteiger partial charge in [0.25, 0.3) is 11.6 Å². The van der Waals surface area contributed by atoms with Crippen LogP contribution in [0, 0.1) is 13.8 Å². The number of anilines is 1. The number of halogens is 6. The Morgan fingerprint density at radius 3 is 2.19 bits per heavy atom. The third-order valence-electron chi connectivity index (χ3n) is 5.14. The second-order valence-electron chi connectivity index (χ2n) is 7.33. The summed E-state index contributed by atoms with van der Waals surface area (Å²) in [6.07, 6.45) is -4.68. The first-order chi connectivity index (χ1) is 14.8. The van der Waals surface area contributed by atoms with Gasteiger partial charge in [0.2, 0.25) is 0 Å². The number of aryl methyl sites for hydroxylation is 2. The summed E-state index contributed by atoms with van der Waals surface area (Å²) in [6.45, 7) is 5.22. The summed E-state index contributed by atoms with van der Waals surface area (Å²) >= 11 is 0. The van der Waals surface area contributed by atoms with Crippen molar-refractivity contribution in [2.75, 3.05) is 5.32 Å². The highest BCUT2D eigenvalue weighted by Gasteiger charge is 2.71. The molecule has 1 atom stereocenters. The van der Waals surface area contributed by atoms with Crippen LogP contribution in [0.2, 0.25) is 0 Å². The second kappa shape index (κ2) is 7.96. The fourth-order valence-corrected chi connectivity index (χ4v) is 3.45. The Morgan fingerprint density at radius 2 is 1.62 bits per heavy atom. The van der Waals surface area contributed by atoms with Crippen LogP contribution in [-0.2, 0) is 5.67 Å². The number of fused-ring (bicyclic) bond motifs is 1. The maximum Gasteiger partial charge on any atom is 0.433 e. The Balaban J connectivity index is 2.01. The average molecular weight is 452 g/mol. The van der Waals surface area contributed by atoms with Crippen LogP contribution in [0.4, 0.5) is 32.0 Å². The summed E-state index contributed by atoms with van der Waals surface area (Å²) in [7, 11) is 0. The number of rotatable bonds is 5. The topological polar surface area (TPSA) is 42.0 Å². The molecule has 32 heavy (non-hydrogen) atoms. The summed E-state index contributed by atoms with van der Waals surface area (Å²) in [5, 5.41) is 3.26. The Kier molecular flexibility index (Phi) is 5.80. The van der Waals surface area contributed by atoms with E-state index in [-0.39, 0.29) is 28.5 Å². The van der Waals surface area contributed by atoms with E-state index in [2.05, 4.69) is 16.9 Å². The first-order valence-corrected chi connectivity index (χ1v) is 9.36. The van der Waals surface area contributed by atoms with Crippen LogP contribution in [0.5, 0.6) is 0 Å². The molecule has 0 aliphatic carbocycles. The van der Waals surface area contributed by atoms with Crippen LogP contribution in [-0.4, -0.2) is 23.0 Å². The van der Waals surface area contributed by atoms with E-state index in [9.17, 15) is 31.1 Å². The quantitative estimate of drug-likeness (QED) is 0.348. The van der Waals surface area contributed by atoms with Gasteiger partial charge in [0.1, 0.15) is 0 Å². The first kappa shape index (κ1) is 23.3. The third kappa shape index (κ3) is 3.83. The minimum atomic E-state index is -5.91. The van der Waals surface area contributed by atoms with Gasteiger partial charge >= 0.3 is 12.1 Å². The van der Waals surface area contributed by atoms with E-state index in [1.54, 1.807) is 30.5 Å². The molecular weight excluding hydrogens is 434 g/mol. The van der Waals surface area contributed by atoms with Crippen molar-refractivity contribution >= 4 is 22.5 Å². The molecule has 1 heterocycles. The maximum absolute atomic E-state index is 14.9. The molecule has 1 aromatic heterocycles. The highest BCUT2D eigenvalue weighted by atomic mass is 19.4. The van der Waals surface area contributed by atoms with Crippen LogP contribution >= 0.6 is 0 Å². The third-order valence-corrected chi connectivity index (χ3v) is 5.14. The van der Waals surface area contributed by atoms with Gasteiger partial charge in [-0.2, -0.15) is 22.0 Å². The molecule has 0 saturated heterocycles. The Labute approximate surface area is 179 Å².